The second kappa shape index (κ2) is 9.96. The van der Waals surface area contributed by atoms with Gasteiger partial charge in [0.05, 0.1) is 20.8 Å². The maximum Gasteiger partial charge on any atom is 0.191 e. The van der Waals surface area contributed by atoms with Crippen molar-refractivity contribution in [2.45, 2.75) is 45.2 Å². The summed E-state index contributed by atoms with van der Waals surface area (Å²) >= 11 is 0. The van der Waals surface area contributed by atoms with Crippen LogP contribution in [0.15, 0.2) is 23.2 Å². The summed E-state index contributed by atoms with van der Waals surface area (Å²) in [5.41, 5.74) is 1.17. The summed E-state index contributed by atoms with van der Waals surface area (Å²) in [4.78, 5) is 4.30. The van der Waals surface area contributed by atoms with E-state index < -0.39 is 0 Å². The van der Waals surface area contributed by atoms with Gasteiger partial charge in [-0.2, -0.15) is 0 Å². The van der Waals surface area contributed by atoms with Gasteiger partial charge >= 0.3 is 0 Å². The molecule has 0 bridgehead atoms. The molecule has 8 heteroatoms. The molecule has 0 amide bonds. The maximum atomic E-state index is 5.36. The van der Waals surface area contributed by atoms with Crippen molar-refractivity contribution in [3.05, 3.63) is 35.4 Å². The number of hydrogen-bond acceptors (Lipinski definition) is 5. The topological polar surface area (TPSA) is 85.6 Å². The quantitative estimate of drug-likeness (QED) is 0.559. The maximum absolute atomic E-state index is 5.36. The second-order valence-corrected chi connectivity index (χ2v) is 6.79. The van der Waals surface area contributed by atoms with E-state index in [0.29, 0.717) is 6.54 Å². The van der Waals surface area contributed by atoms with Crippen LogP contribution in [0, 0.1) is 0 Å². The van der Waals surface area contributed by atoms with Crippen molar-refractivity contribution >= 4 is 5.96 Å². The second-order valence-electron chi connectivity index (χ2n) is 6.79. The Hall–Kier alpha value is -2.77. The molecule has 0 unspecified atom stereocenters. The fourth-order valence-corrected chi connectivity index (χ4v) is 3.42. The number of guanidine groups is 1. The number of nitrogens with zero attached hydrogens (tertiary/aromatic N) is 4. The van der Waals surface area contributed by atoms with E-state index in [0.717, 1.165) is 55.0 Å². The molecular weight excluding hydrogens is 356 g/mol. The van der Waals surface area contributed by atoms with Crippen molar-refractivity contribution in [1.29, 1.82) is 0 Å². The number of hydrogen-bond donors (Lipinski definition) is 2. The molecule has 152 valence electrons. The molecule has 0 fully saturated rings. The fourth-order valence-electron chi connectivity index (χ4n) is 3.42. The molecule has 0 aliphatic carbocycles. The molecule has 0 saturated heterocycles. The normalized spacial score (nSPS) is 14.2. The molecule has 8 nitrogen and oxygen atoms in total. The Morgan fingerprint density at radius 2 is 1.96 bits per heavy atom. The van der Waals surface area contributed by atoms with Gasteiger partial charge in [0.2, 0.25) is 0 Å². The molecule has 3 rings (SSSR count). The number of aryl methyl sites for hydroxylation is 1. The van der Waals surface area contributed by atoms with E-state index in [1.165, 1.54) is 24.8 Å². The summed E-state index contributed by atoms with van der Waals surface area (Å²) in [6.45, 7) is 2.38. The number of nitrogens with one attached hydrogen (secondary N) is 2. The standard InChI is InChI=1S/C20H30N6O2/c1-21-20(22-11-10-15-8-9-16(27-2)17(13-15)28-3)23-14-19-25-24-18-7-5-4-6-12-26(18)19/h8-9,13H,4-7,10-12,14H2,1-3H3,(H2,21,22,23). The van der Waals surface area contributed by atoms with E-state index in [2.05, 4.69) is 30.4 Å². The van der Waals surface area contributed by atoms with Crippen LogP contribution in [-0.2, 0) is 25.9 Å². The molecular formula is C20H30N6O2. The highest BCUT2D eigenvalue weighted by atomic mass is 16.5. The zero-order valence-electron chi connectivity index (χ0n) is 17.0. The van der Waals surface area contributed by atoms with E-state index in [1.54, 1.807) is 21.3 Å². The zero-order chi connectivity index (χ0) is 19.8. The third-order valence-corrected chi connectivity index (χ3v) is 4.98. The van der Waals surface area contributed by atoms with E-state index in [4.69, 9.17) is 9.47 Å². The van der Waals surface area contributed by atoms with Gasteiger partial charge in [-0.25, -0.2) is 0 Å². The van der Waals surface area contributed by atoms with Crippen LogP contribution in [0.25, 0.3) is 0 Å². The molecule has 2 N–H and O–H groups in total. The molecule has 2 aromatic rings. The highest BCUT2D eigenvalue weighted by molar-refractivity contribution is 5.79. The fraction of sp³-hybridized carbons (Fsp3) is 0.550. The molecule has 1 aliphatic rings. The van der Waals surface area contributed by atoms with E-state index >= 15 is 0 Å². The van der Waals surface area contributed by atoms with Crippen molar-refractivity contribution in [2.75, 3.05) is 27.8 Å². The van der Waals surface area contributed by atoms with Crippen LogP contribution in [0.3, 0.4) is 0 Å². The lowest BCUT2D eigenvalue weighted by Crippen LogP contribution is -2.38. The van der Waals surface area contributed by atoms with Crippen LogP contribution in [-0.4, -0.2) is 48.5 Å². The molecule has 2 heterocycles. The van der Waals surface area contributed by atoms with Crippen LogP contribution < -0.4 is 20.1 Å². The van der Waals surface area contributed by atoms with Gasteiger partial charge < -0.3 is 24.7 Å². The van der Waals surface area contributed by atoms with E-state index in [-0.39, 0.29) is 0 Å². The van der Waals surface area contributed by atoms with Gasteiger partial charge in [0.25, 0.3) is 0 Å². The van der Waals surface area contributed by atoms with Gasteiger partial charge in [-0.05, 0) is 37.0 Å². The van der Waals surface area contributed by atoms with Crippen LogP contribution in [0.1, 0.15) is 36.5 Å². The summed E-state index contributed by atoms with van der Waals surface area (Å²) in [5.74, 6) is 4.32. The number of ether oxygens (including phenoxy) is 2. The molecule has 1 aromatic heterocycles. The summed E-state index contributed by atoms with van der Waals surface area (Å²) in [6.07, 6.45) is 5.52. The number of aliphatic imine (C=N–C) groups is 1. The SMILES string of the molecule is CN=C(NCCc1ccc(OC)c(OC)c1)NCc1nnc2n1CCCCC2. The van der Waals surface area contributed by atoms with Gasteiger partial charge in [-0.15, -0.1) is 10.2 Å². The van der Waals surface area contributed by atoms with Crippen LogP contribution in [0.2, 0.25) is 0 Å². The van der Waals surface area contributed by atoms with Gasteiger partial charge in [-0.1, -0.05) is 12.5 Å². The average molecular weight is 387 g/mol. The van der Waals surface area contributed by atoms with Crippen molar-refractivity contribution in [2.24, 2.45) is 4.99 Å². The summed E-state index contributed by atoms with van der Waals surface area (Å²) in [7, 11) is 5.07. The van der Waals surface area contributed by atoms with E-state index in [9.17, 15) is 0 Å². The molecule has 0 spiro atoms. The Kier molecular flexibility index (Phi) is 7.11. The summed E-state index contributed by atoms with van der Waals surface area (Å²) in [5, 5.41) is 15.4. The average Bonchev–Trinajstić information content (AvgIpc) is 2.96. The largest absolute Gasteiger partial charge is 0.493 e. The molecule has 28 heavy (non-hydrogen) atoms. The minimum Gasteiger partial charge on any atom is -0.493 e. The van der Waals surface area contributed by atoms with Gasteiger partial charge in [0, 0.05) is 26.6 Å². The van der Waals surface area contributed by atoms with Gasteiger partial charge in [-0.3, -0.25) is 4.99 Å². The minimum atomic E-state index is 0.614. The van der Waals surface area contributed by atoms with Crippen molar-refractivity contribution in [1.82, 2.24) is 25.4 Å². The molecule has 1 aromatic carbocycles. The Morgan fingerprint density at radius 1 is 1.11 bits per heavy atom. The van der Waals surface area contributed by atoms with Crippen LogP contribution >= 0.6 is 0 Å². The number of fused-ring (bicyclic) bond motifs is 1. The third-order valence-electron chi connectivity index (χ3n) is 4.98. The predicted octanol–water partition coefficient (Wildman–Crippen LogP) is 1.93. The summed E-state index contributed by atoms with van der Waals surface area (Å²) in [6, 6.07) is 5.98. The zero-order valence-corrected chi connectivity index (χ0v) is 17.0. The molecule has 0 radical (unpaired) electrons. The smallest absolute Gasteiger partial charge is 0.191 e. The highest BCUT2D eigenvalue weighted by Gasteiger charge is 2.14. The Balaban J connectivity index is 1.50. The first-order valence-electron chi connectivity index (χ1n) is 9.81. The van der Waals surface area contributed by atoms with Gasteiger partial charge in [0.1, 0.15) is 5.82 Å². The molecule has 0 atom stereocenters. The first kappa shape index (κ1) is 20.0. The monoisotopic (exact) mass is 386 g/mol. The van der Waals surface area contributed by atoms with Gasteiger partial charge in [0.15, 0.2) is 23.3 Å². The van der Waals surface area contributed by atoms with E-state index in [1.807, 2.05) is 18.2 Å². The lowest BCUT2D eigenvalue weighted by molar-refractivity contribution is 0.354. The summed E-state index contributed by atoms with van der Waals surface area (Å²) < 4.78 is 12.9. The minimum absolute atomic E-state index is 0.614. The number of benzene rings is 1. The van der Waals surface area contributed by atoms with Crippen LogP contribution in [0.5, 0.6) is 11.5 Å². The number of methoxy groups -OCH3 is 2. The first-order chi connectivity index (χ1) is 13.7. The Morgan fingerprint density at radius 3 is 2.75 bits per heavy atom. The van der Waals surface area contributed by atoms with Crippen molar-refractivity contribution < 1.29 is 9.47 Å². The Labute approximate surface area is 166 Å². The lowest BCUT2D eigenvalue weighted by Gasteiger charge is -2.13. The third kappa shape index (κ3) is 4.94. The number of rotatable bonds is 7. The lowest BCUT2D eigenvalue weighted by atomic mass is 10.1. The predicted molar refractivity (Wildman–Crippen MR) is 109 cm³/mol. The first-order valence-corrected chi connectivity index (χ1v) is 9.81. The van der Waals surface area contributed by atoms with Crippen molar-refractivity contribution in [3.63, 3.8) is 0 Å². The highest BCUT2D eigenvalue weighted by Crippen LogP contribution is 2.27. The molecule has 0 saturated carbocycles. The number of aromatic nitrogens is 3. The van der Waals surface area contributed by atoms with Crippen LogP contribution in [0.4, 0.5) is 0 Å². The Bertz CT molecular complexity index is 802. The van der Waals surface area contributed by atoms with Crippen molar-refractivity contribution in [3.8, 4) is 11.5 Å². The molecule has 1 aliphatic heterocycles.